The summed E-state index contributed by atoms with van der Waals surface area (Å²) in [6.07, 6.45) is 4.10. The van der Waals surface area contributed by atoms with Crippen LogP contribution in [0.1, 0.15) is 34.8 Å². The first kappa shape index (κ1) is 14.7. The maximum Gasteiger partial charge on any atom is 0.195 e. The van der Waals surface area contributed by atoms with Gasteiger partial charge in [-0.15, -0.1) is 0 Å². The second kappa shape index (κ2) is 6.66. The van der Waals surface area contributed by atoms with Crippen molar-refractivity contribution in [3.8, 4) is 5.75 Å². The van der Waals surface area contributed by atoms with Crippen LogP contribution in [0.15, 0.2) is 41.1 Å². The van der Waals surface area contributed by atoms with Crippen LogP contribution in [0, 0.1) is 6.92 Å². The zero-order valence-electron chi connectivity index (χ0n) is 11.5. The summed E-state index contributed by atoms with van der Waals surface area (Å²) in [5, 5.41) is 0. The van der Waals surface area contributed by atoms with Gasteiger partial charge < -0.3 is 4.74 Å². The van der Waals surface area contributed by atoms with E-state index in [1.807, 2.05) is 32.0 Å². The first-order valence-electron chi connectivity index (χ1n) is 6.50. The Hall–Kier alpha value is -1.68. The molecule has 20 heavy (non-hydrogen) atoms. The summed E-state index contributed by atoms with van der Waals surface area (Å²) >= 11 is 3.43. The summed E-state index contributed by atoms with van der Waals surface area (Å²) in [6, 6.07) is 7.40. The lowest BCUT2D eigenvalue weighted by atomic mass is 10.0. The Bertz CT molecular complexity index is 626. The maximum absolute atomic E-state index is 12.5. The van der Waals surface area contributed by atoms with Crippen LogP contribution >= 0.6 is 15.9 Å². The normalized spacial score (nSPS) is 10.3. The van der Waals surface area contributed by atoms with Gasteiger partial charge in [0.15, 0.2) is 5.78 Å². The van der Waals surface area contributed by atoms with Gasteiger partial charge in [-0.25, -0.2) is 0 Å². The summed E-state index contributed by atoms with van der Waals surface area (Å²) in [7, 11) is 0. The number of pyridine rings is 1. The average molecular weight is 334 g/mol. The molecule has 0 saturated carbocycles. The molecule has 2 rings (SSSR count). The summed E-state index contributed by atoms with van der Waals surface area (Å²) in [6.45, 7) is 4.64. The number of halogens is 1. The number of benzene rings is 1. The van der Waals surface area contributed by atoms with Gasteiger partial charge in [0.2, 0.25) is 0 Å². The number of hydrogen-bond acceptors (Lipinski definition) is 3. The van der Waals surface area contributed by atoms with Crippen LogP contribution in [0.25, 0.3) is 0 Å². The molecule has 0 radical (unpaired) electrons. The minimum atomic E-state index is -0.0636. The fourth-order valence-electron chi connectivity index (χ4n) is 1.80. The minimum absolute atomic E-state index is 0.0636. The minimum Gasteiger partial charge on any atom is -0.492 e. The number of ether oxygens (including phenoxy) is 1. The Labute approximate surface area is 127 Å². The summed E-state index contributed by atoms with van der Waals surface area (Å²) in [5.74, 6) is 0.562. The summed E-state index contributed by atoms with van der Waals surface area (Å²) in [5.41, 5.74) is 2.26. The molecule has 0 spiro atoms. The smallest absolute Gasteiger partial charge is 0.195 e. The second-order valence-corrected chi connectivity index (χ2v) is 5.42. The Kier molecular flexibility index (Phi) is 4.90. The highest BCUT2D eigenvalue weighted by atomic mass is 79.9. The average Bonchev–Trinajstić information content (AvgIpc) is 2.45. The van der Waals surface area contributed by atoms with Crippen molar-refractivity contribution in [3.63, 3.8) is 0 Å². The molecule has 0 aliphatic heterocycles. The highest BCUT2D eigenvalue weighted by Crippen LogP contribution is 2.22. The zero-order valence-corrected chi connectivity index (χ0v) is 13.1. The fraction of sp³-hybridized carbons (Fsp3) is 0.250. The Morgan fingerprint density at radius 1 is 1.30 bits per heavy atom. The monoisotopic (exact) mass is 333 g/mol. The van der Waals surface area contributed by atoms with Crippen LogP contribution in [0.4, 0.5) is 0 Å². The molecule has 0 fully saturated rings. The van der Waals surface area contributed by atoms with Gasteiger partial charge in [0.05, 0.1) is 12.8 Å². The van der Waals surface area contributed by atoms with E-state index in [1.54, 1.807) is 18.5 Å². The van der Waals surface area contributed by atoms with Crippen molar-refractivity contribution < 1.29 is 9.53 Å². The van der Waals surface area contributed by atoms with E-state index in [0.29, 0.717) is 23.5 Å². The number of nitrogens with zero attached hydrogens (tertiary/aromatic N) is 1. The van der Waals surface area contributed by atoms with Gasteiger partial charge in [0, 0.05) is 21.8 Å². The van der Waals surface area contributed by atoms with E-state index in [9.17, 15) is 4.79 Å². The van der Waals surface area contributed by atoms with Crippen molar-refractivity contribution in [1.82, 2.24) is 4.98 Å². The molecule has 104 valence electrons. The highest BCUT2D eigenvalue weighted by molar-refractivity contribution is 9.10. The van der Waals surface area contributed by atoms with Crippen molar-refractivity contribution in [2.75, 3.05) is 6.61 Å². The van der Waals surface area contributed by atoms with E-state index in [1.165, 1.54) is 0 Å². The SMILES string of the molecule is CCCOc1cncc(C(=O)c2ccc(C)cc2Br)c1. The fourth-order valence-corrected chi connectivity index (χ4v) is 2.47. The van der Waals surface area contributed by atoms with Crippen LogP contribution < -0.4 is 4.74 Å². The molecule has 0 saturated heterocycles. The van der Waals surface area contributed by atoms with E-state index < -0.39 is 0 Å². The van der Waals surface area contributed by atoms with Gasteiger partial charge in [-0.2, -0.15) is 0 Å². The van der Waals surface area contributed by atoms with Crippen molar-refractivity contribution in [1.29, 1.82) is 0 Å². The van der Waals surface area contributed by atoms with Crippen LogP contribution in [0.3, 0.4) is 0 Å². The zero-order chi connectivity index (χ0) is 14.5. The van der Waals surface area contributed by atoms with Crippen molar-refractivity contribution in [2.24, 2.45) is 0 Å². The molecule has 4 heteroatoms. The number of ketones is 1. The van der Waals surface area contributed by atoms with Crippen molar-refractivity contribution >= 4 is 21.7 Å². The molecule has 1 heterocycles. The standard InChI is InChI=1S/C16H16BrNO2/c1-3-6-20-13-8-12(9-18-10-13)16(19)14-5-4-11(2)7-15(14)17/h4-5,7-10H,3,6H2,1-2H3. The third-order valence-corrected chi connectivity index (χ3v) is 3.47. The summed E-state index contributed by atoms with van der Waals surface area (Å²) in [4.78, 5) is 16.5. The Morgan fingerprint density at radius 2 is 2.10 bits per heavy atom. The largest absolute Gasteiger partial charge is 0.492 e. The van der Waals surface area contributed by atoms with E-state index in [2.05, 4.69) is 20.9 Å². The molecule has 0 aliphatic rings. The number of aromatic nitrogens is 1. The second-order valence-electron chi connectivity index (χ2n) is 4.57. The molecule has 2 aromatic rings. The molecule has 1 aromatic carbocycles. The molecular formula is C16H16BrNO2. The summed E-state index contributed by atoms with van der Waals surface area (Å²) < 4.78 is 6.30. The lowest BCUT2D eigenvalue weighted by Crippen LogP contribution is -2.04. The molecule has 0 unspecified atom stereocenters. The van der Waals surface area contributed by atoms with Gasteiger partial charge in [-0.3, -0.25) is 9.78 Å². The van der Waals surface area contributed by atoms with Gasteiger partial charge in [-0.05, 0) is 37.1 Å². The van der Waals surface area contributed by atoms with Gasteiger partial charge in [-0.1, -0.05) is 28.9 Å². The number of rotatable bonds is 5. The third-order valence-electron chi connectivity index (χ3n) is 2.82. The Balaban J connectivity index is 2.28. The van der Waals surface area contributed by atoms with Crippen LogP contribution in [0.2, 0.25) is 0 Å². The Morgan fingerprint density at radius 3 is 2.80 bits per heavy atom. The lowest BCUT2D eigenvalue weighted by Gasteiger charge is -2.07. The van der Waals surface area contributed by atoms with E-state index in [4.69, 9.17) is 4.74 Å². The molecule has 0 amide bonds. The van der Waals surface area contributed by atoms with Gasteiger partial charge in [0.1, 0.15) is 5.75 Å². The molecule has 0 atom stereocenters. The lowest BCUT2D eigenvalue weighted by molar-refractivity contribution is 0.103. The quantitative estimate of drug-likeness (QED) is 0.771. The van der Waals surface area contributed by atoms with Crippen LogP contribution in [-0.4, -0.2) is 17.4 Å². The molecule has 3 nitrogen and oxygen atoms in total. The number of hydrogen-bond donors (Lipinski definition) is 0. The molecule has 0 aliphatic carbocycles. The molecule has 0 bridgehead atoms. The highest BCUT2D eigenvalue weighted by Gasteiger charge is 2.13. The maximum atomic E-state index is 12.5. The predicted octanol–water partition coefficient (Wildman–Crippen LogP) is 4.17. The van der Waals surface area contributed by atoms with Crippen molar-refractivity contribution in [2.45, 2.75) is 20.3 Å². The van der Waals surface area contributed by atoms with E-state index in [0.717, 1.165) is 16.5 Å². The van der Waals surface area contributed by atoms with E-state index in [-0.39, 0.29) is 5.78 Å². The van der Waals surface area contributed by atoms with Crippen molar-refractivity contribution in [3.05, 3.63) is 57.8 Å². The molecular weight excluding hydrogens is 318 g/mol. The van der Waals surface area contributed by atoms with Gasteiger partial charge >= 0.3 is 0 Å². The first-order valence-corrected chi connectivity index (χ1v) is 7.30. The number of aryl methyl sites for hydroxylation is 1. The van der Waals surface area contributed by atoms with Crippen LogP contribution in [0.5, 0.6) is 5.75 Å². The van der Waals surface area contributed by atoms with Gasteiger partial charge in [0.25, 0.3) is 0 Å². The number of carbonyl (C=O) groups is 1. The molecule has 0 N–H and O–H groups in total. The first-order chi connectivity index (χ1) is 9.61. The predicted molar refractivity (Wildman–Crippen MR) is 82.3 cm³/mol. The van der Waals surface area contributed by atoms with Crippen LogP contribution in [-0.2, 0) is 0 Å². The number of carbonyl (C=O) groups excluding carboxylic acids is 1. The third kappa shape index (κ3) is 3.45. The molecule has 1 aromatic heterocycles. The van der Waals surface area contributed by atoms with E-state index >= 15 is 0 Å². The topological polar surface area (TPSA) is 39.2 Å².